The molecule has 0 saturated carbocycles. The van der Waals surface area contributed by atoms with Crippen molar-refractivity contribution < 1.29 is 4.74 Å². The Balaban J connectivity index is 2.02. The molecule has 2 heteroatoms. The average Bonchev–Trinajstić information content (AvgIpc) is 2.03. The van der Waals surface area contributed by atoms with Crippen LogP contribution in [0.15, 0.2) is 0 Å². The fraction of sp³-hybridized carbons (Fsp3) is 1.00. The van der Waals surface area contributed by atoms with Crippen LogP contribution in [0.2, 0.25) is 0 Å². The molecule has 1 heterocycles. The molecule has 60 valence electrons. The highest BCUT2D eigenvalue weighted by Crippen LogP contribution is 2.17. The number of hydrogen-bond donors (Lipinski definition) is 1. The van der Waals surface area contributed by atoms with E-state index in [1.165, 1.54) is 19.3 Å². The summed E-state index contributed by atoms with van der Waals surface area (Å²) in [7, 11) is 0. The first-order chi connectivity index (χ1) is 4.93. The summed E-state index contributed by atoms with van der Waals surface area (Å²) in [6.07, 6.45) is 5.01. The Morgan fingerprint density at radius 1 is 1.50 bits per heavy atom. The van der Waals surface area contributed by atoms with Crippen molar-refractivity contribution in [2.24, 2.45) is 11.7 Å². The van der Waals surface area contributed by atoms with Crippen molar-refractivity contribution >= 4 is 0 Å². The second-order valence-corrected chi connectivity index (χ2v) is 3.01. The first-order valence-corrected chi connectivity index (χ1v) is 4.21. The maximum atomic E-state index is 5.40. The van der Waals surface area contributed by atoms with Crippen LogP contribution in [0.1, 0.15) is 25.7 Å². The minimum absolute atomic E-state index is 0.803. The second-order valence-electron chi connectivity index (χ2n) is 3.01. The van der Waals surface area contributed by atoms with Crippen molar-refractivity contribution in [2.75, 3.05) is 19.8 Å². The van der Waals surface area contributed by atoms with Crippen LogP contribution in [-0.4, -0.2) is 19.8 Å². The molecule has 0 aromatic rings. The molecule has 0 aliphatic carbocycles. The third-order valence-electron chi connectivity index (χ3n) is 2.07. The van der Waals surface area contributed by atoms with Crippen molar-refractivity contribution in [3.05, 3.63) is 0 Å². The standard InChI is InChI=1S/C8H17NO/c9-5-1-3-8-4-2-6-10-7-8/h8H,1-7,9H2/t8-/m1/s1. The van der Waals surface area contributed by atoms with Crippen molar-refractivity contribution in [1.29, 1.82) is 0 Å². The van der Waals surface area contributed by atoms with Crippen LogP contribution in [0.25, 0.3) is 0 Å². The number of hydrogen-bond acceptors (Lipinski definition) is 2. The van der Waals surface area contributed by atoms with Crippen LogP contribution in [-0.2, 0) is 4.74 Å². The van der Waals surface area contributed by atoms with E-state index in [9.17, 15) is 0 Å². The highest BCUT2D eigenvalue weighted by molar-refractivity contribution is 4.62. The molecule has 10 heavy (non-hydrogen) atoms. The molecule has 0 radical (unpaired) electrons. The van der Waals surface area contributed by atoms with Gasteiger partial charge >= 0.3 is 0 Å². The van der Waals surface area contributed by atoms with Gasteiger partial charge < -0.3 is 10.5 Å². The van der Waals surface area contributed by atoms with E-state index >= 15 is 0 Å². The van der Waals surface area contributed by atoms with E-state index in [4.69, 9.17) is 10.5 Å². The van der Waals surface area contributed by atoms with Crippen LogP contribution in [0.3, 0.4) is 0 Å². The van der Waals surface area contributed by atoms with Crippen LogP contribution >= 0.6 is 0 Å². The first-order valence-electron chi connectivity index (χ1n) is 4.21. The summed E-state index contributed by atoms with van der Waals surface area (Å²) in [5.41, 5.74) is 5.40. The second kappa shape index (κ2) is 4.69. The Bertz CT molecular complexity index is 79.3. The van der Waals surface area contributed by atoms with Gasteiger partial charge in [-0.2, -0.15) is 0 Å². The fourth-order valence-corrected chi connectivity index (χ4v) is 1.44. The Morgan fingerprint density at radius 3 is 3.00 bits per heavy atom. The highest BCUT2D eigenvalue weighted by atomic mass is 16.5. The molecule has 1 saturated heterocycles. The number of ether oxygens (including phenoxy) is 1. The molecule has 1 atom stereocenters. The minimum atomic E-state index is 0.803. The largest absolute Gasteiger partial charge is 0.381 e. The summed E-state index contributed by atoms with van der Waals surface area (Å²) in [5.74, 6) is 0.803. The van der Waals surface area contributed by atoms with Crippen LogP contribution in [0.4, 0.5) is 0 Å². The topological polar surface area (TPSA) is 35.2 Å². The van der Waals surface area contributed by atoms with E-state index in [1.807, 2.05) is 0 Å². The molecule has 0 bridgehead atoms. The summed E-state index contributed by atoms with van der Waals surface area (Å²) >= 11 is 0. The monoisotopic (exact) mass is 143 g/mol. The van der Waals surface area contributed by atoms with E-state index in [0.717, 1.165) is 32.1 Å². The SMILES string of the molecule is NCCC[C@@H]1CCCOC1. The molecule has 1 aliphatic rings. The molecular formula is C8H17NO. The zero-order valence-electron chi connectivity index (χ0n) is 6.51. The van der Waals surface area contributed by atoms with E-state index in [-0.39, 0.29) is 0 Å². The van der Waals surface area contributed by atoms with Gasteiger partial charge in [0.25, 0.3) is 0 Å². The Hall–Kier alpha value is -0.0800. The summed E-state index contributed by atoms with van der Waals surface area (Å²) in [6, 6.07) is 0. The zero-order valence-corrected chi connectivity index (χ0v) is 6.51. The van der Waals surface area contributed by atoms with Crippen LogP contribution in [0.5, 0.6) is 0 Å². The molecule has 2 nitrogen and oxygen atoms in total. The van der Waals surface area contributed by atoms with Gasteiger partial charge in [-0.1, -0.05) is 0 Å². The summed E-state index contributed by atoms with van der Waals surface area (Å²) in [4.78, 5) is 0. The lowest BCUT2D eigenvalue weighted by Crippen LogP contribution is -2.18. The molecule has 1 rings (SSSR count). The third kappa shape index (κ3) is 2.67. The molecule has 0 unspecified atom stereocenters. The van der Waals surface area contributed by atoms with Crippen molar-refractivity contribution in [2.45, 2.75) is 25.7 Å². The average molecular weight is 143 g/mol. The Kier molecular flexibility index (Phi) is 3.76. The van der Waals surface area contributed by atoms with Gasteiger partial charge in [-0.15, -0.1) is 0 Å². The smallest absolute Gasteiger partial charge is 0.0494 e. The molecular weight excluding hydrogens is 126 g/mol. The molecule has 2 N–H and O–H groups in total. The summed E-state index contributed by atoms with van der Waals surface area (Å²) < 4.78 is 5.34. The predicted octanol–water partition coefficient (Wildman–Crippen LogP) is 1.15. The van der Waals surface area contributed by atoms with Gasteiger partial charge in [-0.3, -0.25) is 0 Å². The zero-order chi connectivity index (χ0) is 7.23. The lowest BCUT2D eigenvalue weighted by molar-refractivity contribution is 0.0512. The summed E-state index contributed by atoms with van der Waals surface area (Å²) in [6.45, 7) is 2.77. The Morgan fingerprint density at radius 2 is 2.40 bits per heavy atom. The summed E-state index contributed by atoms with van der Waals surface area (Å²) in [5, 5.41) is 0. The van der Waals surface area contributed by atoms with E-state index in [0.29, 0.717) is 0 Å². The van der Waals surface area contributed by atoms with Crippen LogP contribution < -0.4 is 5.73 Å². The van der Waals surface area contributed by atoms with E-state index in [2.05, 4.69) is 0 Å². The molecule has 1 fully saturated rings. The minimum Gasteiger partial charge on any atom is -0.381 e. The Labute approximate surface area is 62.7 Å². The van der Waals surface area contributed by atoms with Gasteiger partial charge in [0.15, 0.2) is 0 Å². The van der Waals surface area contributed by atoms with Gasteiger partial charge in [-0.05, 0) is 38.1 Å². The lowest BCUT2D eigenvalue weighted by atomic mass is 9.97. The first kappa shape index (κ1) is 8.02. The van der Waals surface area contributed by atoms with Gasteiger partial charge in [0.05, 0.1) is 0 Å². The van der Waals surface area contributed by atoms with Crippen molar-refractivity contribution in [3.63, 3.8) is 0 Å². The van der Waals surface area contributed by atoms with Gasteiger partial charge in [0, 0.05) is 13.2 Å². The maximum absolute atomic E-state index is 5.40. The molecule has 0 amide bonds. The quantitative estimate of drug-likeness (QED) is 0.643. The van der Waals surface area contributed by atoms with Crippen LogP contribution in [0, 0.1) is 5.92 Å². The molecule has 1 aliphatic heterocycles. The number of rotatable bonds is 3. The van der Waals surface area contributed by atoms with Gasteiger partial charge in [0.2, 0.25) is 0 Å². The number of nitrogens with two attached hydrogens (primary N) is 1. The predicted molar refractivity (Wildman–Crippen MR) is 41.8 cm³/mol. The van der Waals surface area contributed by atoms with Crippen molar-refractivity contribution in [3.8, 4) is 0 Å². The van der Waals surface area contributed by atoms with Gasteiger partial charge in [0.1, 0.15) is 0 Å². The molecule has 0 aromatic heterocycles. The maximum Gasteiger partial charge on any atom is 0.0494 e. The normalized spacial score (nSPS) is 26.7. The molecule has 0 aromatic carbocycles. The third-order valence-corrected chi connectivity index (χ3v) is 2.07. The fourth-order valence-electron chi connectivity index (χ4n) is 1.44. The van der Waals surface area contributed by atoms with E-state index in [1.54, 1.807) is 0 Å². The van der Waals surface area contributed by atoms with Crippen molar-refractivity contribution in [1.82, 2.24) is 0 Å². The highest BCUT2D eigenvalue weighted by Gasteiger charge is 2.12. The lowest BCUT2D eigenvalue weighted by Gasteiger charge is -2.21. The van der Waals surface area contributed by atoms with E-state index < -0.39 is 0 Å². The molecule has 0 spiro atoms. The van der Waals surface area contributed by atoms with Gasteiger partial charge in [-0.25, -0.2) is 0 Å².